The van der Waals surface area contributed by atoms with E-state index in [0.29, 0.717) is 16.8 Å². The molecule has 0 saturated heterocycles. The molecule has 186 valence electrons. The molecular formula is C25H28N2O8. The largest absolute Gasteiger partial charge is 0.511 e. The number of primary amides is 1. The molecule has 0 saturated carbocycles. The second-order valence-electron chi connectivity index (χ2n) is 10.3. The van der Waals surface area contributed by atoms with Crippen molar-refractivity contribution < 1.29 is 39.6 Å². The molecule has 3 aliphatic carbocycles. The topological polar surface area (TPSA) is 180 Å². The second-order valence-corrected chi connectivity index (χ2v) is 10.3. The first-order valence-corrected chi connectivity index (χ1v) is 11.2. The molecule has 0 heterocycles. The van der Waals surface area contributed by atoms with Crippen molar-refractivity contribution in [2.75, 3.05) is 0 Å². The zero-order chi connectivity index (χ0) is 26.0. The van der Waals surface area contributed by atoms with Crippen LogP contribution in [0.15, 0.2) is 40.0 Å². The Hall–Kier alpha value is -3.66. The number of carbonyl (C=O) groups excluding carboxylic acids is 3. The number of nitrogens with zero attached hydrogens (tertiary/aromatic N) is 1. The van der Waals surface area contributed by atoms with Crippen molar-refractivity contribution in [3.05, 3.63) is 51.5 Å². The monoisotopic (exact) mass is 484 g/mol. The molecule has 0 aliphatic heterocycles. The van der Waals surface area contributed by atoms with E-state index >= 15 is 0 Å². The summed E-state index contributed by atoms with van der Waals surface area (Å²) >= 11 is 0. The number of benzene rings is 1. The first kappa shape index (κ1) is 24.5. The molecule has 0 aromatic heterocycles. The van der Waals surface area contributed by atoms with Crippen LogP contribution >= 0.6 is 0 Å². The number of allylic oxidation sites excluding steroid dienone is 2. The Balaban J connectivity index is 1.85. The van der Waals surface area contributed by atoms with Crippen molar-refractivity contribution in [3.63, 3.8) is 0 Å². The molecule has 0 radical (unpaired) electrons. The molecule has 3 aliphatic rings. The summed E-state index contributed by atoms with van der Waals surface area (Å²) in [6.07, 6.45) is -0.0185. The van der Waals surface area contributed by atoms with Crippen molar-refractivity contribution in [1.29, 1.82) is 0 Å². The van der Waals surface area contributed by atoms with Gasteiger partial charge in [-0.3, -0.25) is 14.4 Å². The summed E-state index contributed by atoms with van der Waals surface area (Å²) in [7, 11) is 0. The van der Waals surface area contributed by atoms with Gasteiger partial charge in [0.2, 0.25) is 5.78 Å². The van der Waals surface area contributed by atoms with E-state index in [0.717, 1.165) is 0 Å². The van der Waals surface area contributed by atoms with Gasteiger partial charge in [-0.1, -0.05) is 5.16 Å². The fourth-order valence-electron chi connectivity index (χ4n) is 5.21. The van der Waals surface area contributed by atoms with Crippen molar-refractivity contribution in [3.8, 4) is 5.75 Å². The summed E-state index contributed by atoms with van der Waals surface area (Å²) in [5, 5.41) is 47.3. The number of ketones is 2. The van der Waals surface area contributed by atoms with Gasteiger partial charge in [-0.2, -0.15) is 0 Å². The molecule has 4 rings (SSSR count). The average Bonchev–Trinajstić information content (AvgIpc) is 2.74. The van der Waals surface area contributed by atoms with Crippen LogP contribution < -0.4 is 5.73 Å². The van der Waals surface area contributed by atoms with Crippen LogP contribution in [-0.2, 0) is 20.8 Å². The predicted molar refractivity (Wildman–Crippen MR) is 124 cm³/mol. The number of aliphatic hydroxyl groups is 3. The maximum atomic E-state index is 13.6. The molecule has 3 atom stereocenters. The summed E-state index contributed by atoms with van der Waals surface area (Å²) in [5.74, 6) is -6.59. The van der Waals surface area contributed by atoms with E-state index < -0.39 is 57.6 Å². The van der Waals surface area contributed by atoms with Gasteiger partial charge in [-0.25, -0.2) is 0 Å². The molecule has 1 aromatic rings. The van der Waals surface area contributed by atoms with Crippen molar-refractivity contribution in [2.45, 2.75) is 58.2 Å². The van der Waals surface area contributed by atoms with Crippen LogP contribution in [0.25, 0.3) is 0 Å². The molecule has 6 N–H and O–H groups in total. The highest BCUT2D eigenvalue weighted by Crippen LogP contribution is 2.51. The number of phenols is 1. The van der Waals surface area contributed by atoms with E-state index in [1.165, 1.54) is 6.07 Å². The first-order valence-electron chi connectivity index (χ1n) is 11.2. The van der Waals surface area contributed by atoms with Gasteiger partial charge in [0.15, 0.2) is 11.4 Å². The van der Waals surface area contributed by atoms with Gasteiger partial charge in [-0.15, -0.1) is 0 Å². The molecule has 1 aromatic carbocycles. The van der Waals surface area contributed by atoms with E-state index in [1.807, 2.05) is 20.8 Å². The molecule has 10 nitrogen and oxygen atoms in total. The van der Waals surface area contributed by atoms with Crippen LogP contribution in [0.4, 0.5) is 0 Å². The fraction of sp³-hybridized carbons (Fsp3) is 0.440. The van der Waals surface area contributed by atoms with Gasteiger partial charge in [0.1, 0.15) is 28.4 Å². The SMILES string of the molecule is C/C(=N\OC(C)(C)C)c1ccc(O)c2c1C[C@H]1C[C@H]3CC(O)=C(C(N)=O)C(=O)[C@@]3(O)C(O)=C1C2=O. The minimum atomic E-state index is -2.58. The predicted octanol–water partition coefficient (Wildman–Crippen LogP) is 2.12. The summed E-state index contributed by atoms with van der Waals surface area (Å²) in [5.41, 5.74) is 2.57. The number of hydrogen-bond donors (Lipinski definition) is 5. The van der Waals surface area contributed by atoms with Crippen LogP contribution in [0.2, 0.25) is 0 Å². The van der Waals surface area contributed by atoms with Crippen LogP contribution in [0.5, 0.6) is 5.75 Å². The van der Waals surface area contributed by atoms with Gasteiger partial charge in [0, 0.05) is 23.5 Å². The van der Waals surface area contributed by atoms with Crippen molar-refractivity contribution in [2.24, 2.45) is 22.7 Å². The lowest BCUT2D eigenvalue weighted by Crippen LogP contribution is -2.57. The smallest absolute Gasteiger partial charge is 0.255 e. The summed E-state index contributed by atoms with van der Waals surface area (Å²) < 4.78 is 0. The minimum Gasteiger partial charge on any atom is -0.511 e. The quantitative estimate of drug-likeness (QED) is 0.246. The lowest BCUT2D eigenvalue weighted by Gasteiger charge is -2.45. The van der Waals surface area contributed by atoms with Crippen LogP contribution in [0.1, 0.15) is 62.0 Å². The number of aromatic hydroxyl groups is 1. The summed E-state index contributed by atoms with van der Waals surface area (Å²) in [6, 6.07) is 2.95. The van der Waals surface area contributed by atoms with E-state index in [-0.39, 0.29) is 36.1 Å². The maximum Gasteiger partial charge on any atom is 0.255 e. The Morgan fingerprint density at radius 3 is 2.43 bits per heavy atom. The fourth-order valence-corrected chi connectivity index (χ4v) is 5.21. The molecule has 1 amide bonds. The first-order chi connectivity index (χ1) is 16.2. The van der Waals surface area contributed by atoms with E-state index in [2.05, 4.69) is 5.16 Å². The molecule has 0 spiro atoms. The molecule has 0 unspecified atom stereocenters. The third kappa shape index (κ3) is 3.68. The standard InChI is InChI=1S/C25H28N2O8/c1-10(27-35-24(2,3)4)13-5-6-15(28)18-14(13)8-11-7-12-9-16(29)19(23(26)33)22(32)25(12,34)21(31)17(11)20(18)30/h5-6,11-12,28-29,31,34H,7-9H2,1-4H3,(H2,26,33)/b27-10+/t11-,12+,25+/m1/s1. The Morgan fingerprint density at radius 1 is 1.17 bits per heavy atom. The minimum absolute atomic E-state index is 0.0622. The molecule has 35 heavy (non-hydrogen) atoms. The normalized spacial score (nSPS) is 26.8. The molecule has 10 heteroatoms. The van der Waals surface area contributed by atoms with Gasteiger partial charge < -0.3 is 31.0 Å². The van der Waals surface area contributed by atoms with E-state index in [1.54, 1.807) is 13.0 Å². The Labute approximate surface area is 201 Å². The Bertz CT molecular complexity index is 1270. The Morgan fingerprint density at radius 2 is 1.83 bits per heavy atom. The zero-order valence-corrected chi connectivity index (χ0v) is 19.9. The third-order valence-electron chi connectivity index (χ3n) is 6.79. The highest BCUT2D eigenvalue weighted by atomic mass is 16.6. The highest BCUT2D eigenvalue weighted by Gasteiger charge is 2.59. The number of rotatable bonds is 3. The third-order valence-corrected chi connectivity index (χ3v) is 6.79. The van der Waals surface area contributed by atoms with Gasteiger partial charge in [0.25, 0.3) is 5.91 Å². The summed E-state index contributed by atoms with van der Waals surface area (Å²) in [6.45, 7) is 7.21. The summed E-state index contributed by atoms with van der Waals surface area (Å²) in [4.78, 5) is 43.8. The number of fused-ring (bicyclic) bond motifs is 3. The average molecular weight is 485 g/mol. The second kappa shape index (κ2) is 7.94. The molecule has 0 fully saturated rings. The molecular weight excluding hydrogens is 456 g/mol. The van der Waals surface area contributed by atoms with Crippen molar-refractivity contribution in [1.82, 2.24) is 0 Å². The number of nitrogens with two attached hydrogens (primary N) is 1. The van der Waals surface area contributed by atoms with Gasteiger partial charge in [0.05, 0.1) is 11.3 Å². The molecule has 0 bridgehead atoms. The van der Waals surface area contributed by atoms with Gasteiger partial charge >= 0.3 is 0 Å². The number of aliphatic hydroxyl groups excluding tert-OH is 2. The highest BCUT2D eigenvalue weighted by molar-refractivity contribution is 6.24. The van der Waals surface area contributed by atoms with Crippen molar-refractivity contribution >= 4 is 23.2 Å². The Kier molecular flexibility index (Phi) is 5.55. The number of amides is 1. The van der Waals surface area contributed by atoms with Crippen LogP contribution in [-0.4, -0.2) is 54.8 Å². The lowest BCUT2D eigenvalue weighted by atomic mass is 9.60. The van der Waals surface area contributed by atoms with Crippen LogP contribution in [0.3, 0.4) is 0 Å². The number of oxime groups is 1. The number of carbonyl (C=O) groups is 3. The lowest BCUT2D eigenvalue weighted by molar-refractivity contribution is -0.144. The zero-order valence-electron chi connectivity index (χ0n) is 19.9. The van der Waals surface area contributed by atoms with E-state index in [9.17, 15) is 34.8 Å². The van der Waals surface area contributed by atoms with E-state index in [4.69, 9.17) is 10.6 Å². The number of phenolic OH excluding ortho intramolecular Hbond substituents is 1. The number of hydrogen-bond acceptors (Lipinski definition) is 9. The van der Waals surface area contributed by atoms with Gasteiger partial charge in [-0.05, 0) is 64.2 Å². The maximum absolute atomic E-state index is 13.6. The number of Topliss-reactive ketones (excluding diaryl/α,β-unsaturated/α-hetero) is 2. The van der Waals surface area contributed by atoms with Crippen LogP contribution in [0, 0.1) is 11.8 Å².